The molecular formula is C22H40Cl2N2O3Si4+2. The van der Waals surface area contributed by atoms with Gasteiger partial charge in [-0.1, -0.05) is 23.2 Å². The first-order valence-electron chi connectivity index (χ1n) is 11.3. The van der Waals surface area contributed by atoms with Gasteiger partial charge >= 0.3 is 11.8 Å². The molecule has 0 unspecified atom stereocenters. The number of hydrogen-bond donors (Lipinski definition) is 0. The summed E-state index contributed by atoms with van der Waals surface area (Å²) >= 11 is 12.7. The SMILES string of the molecule is C[Si](C)(C)Oc1ccc(Cl)c[n+]1C[Si](C)(C)O[Si](C)(C)C[n+]1cc(Cl)ccc1O[Si](C)(C)C. The van der Waals surface area contributed by atoms with Crippen LogP contribution in [0.2, 0.25) is 75.5 Å². The van der Waals surface area contributed by atoms with Gasteiger partial charge in [0.2, 0.25) is 33.3 Å². The molecule has 2 aromatic heterocycles. The predicted octanol–water partition coefficient (Wildman–Crippen LogP) is 6.20. The minimum atomic E-state index is -2.12. The molecule has 0 aromatic carbocycles. The highest BCUT2D eigenvalue weighted by molar-refractivity contribution is 6.83. The van der Waals surface area contributed by atoms with Crippen molar-refractivity contribution in [3.8, 4) is 11.8 Å². The topological polar surface area (TPSA) is 35.5 Å². The van der Waals surface area contributed by atoms with Crippen molar-refractivity contribution in [1.29, 1.82) is 0 Å². The number of rotatable bonds is 10. The van der Waals surface area contributed by atoms with Crippen molar-refractivity contribution in [1.82, 2.24) is 0 Å². The van der Waals surface area contributed by atoms with E-state index in [1.807, 2.05) is 36.7 Å². The summed E-state index contributed by atoms with van der Waals surface area (Å²) in [4.78, 5) is 0. The molecule has 0 N–H and O–H groups in total. The predicted molar refractivity (Wildman–Crippen MR) is 147 cm³/mol. The summed E-state index contributed by atoms with van der Waals surface area (Å²) in [6.07, 6.45) is 5.44. The quantitative estimate of drug-likeness (QED) is 0.255. The van der Waals surface area contributed by atoms with Crippen LogP contribution < -0.4 is 18.0 Å². The molecule has 2 aromatic rings. The Morgan fingerprint density at radius 2 is 0.939 bits per heavy atom. The van der Waals surface area contributed by atoms with E-state index in [2.05, 4.69) is 74.6 Å². The van der Waals surface area contributed by atoms with Crippen LogP contribution in [0.3, 0.4) is 0 Å². The fourth-order valence-corrected chi connectivity index (χ4v) is 14.3. The molecule has 2 rings (SSSR count). The average molecular weight is 564 g/mol. The van der Waals surface area contributed by atoms with E-state index in [4.69, 9.17) is 36.2 Å². The minimum absolute atomic E-state index is 0.696. The van der Waals surface area contributed by atoms with E-state index < -0.39 is 33.3 Å². The van der Waals surface area contributed by atoms with Gasteiger partial charge in [0.25, 0.3) is 0 Å². The molecule has 0 radical (unpaired) electrons. The van der Waals surface area contributed by atoms with Gasteiger partial charge in [0.1, 0.15) is 10.0 Å². The molecule has 0 saturated heterocycles. The monoisotopic (exact) mass is 562 g/mol. The fourth-order valence-electron chi connectivity index (χ4n) is 3.70. The highest BCUT2D eigenvalue weighted by atomic mass is 35.5. The van der Waals surface area contributed by atoms with Crippen molar-refractivity contribution in [3.05, 3.63) is 46.7 Å². The molecule has 0 aliphatic carbocycles. The molecule has 184 valence electrons. The van der Waals surface area contributed by atoms with Gasteiger partial charge in [-0.2, -0.15) is 9.13 Å². The van der Waals surface area contributed by atoms with Crippen LogP contribution in [0, 0.1) is 0 Å². The lowest BCUT2D eigenvalue weighted by Gasteiger charge is -2.30. The highest BCUT2D eigenvalue weighted by Gasteiger charge is 2.41. The van der Waals surface area contributed by atoms with Crippen LogP contribution in [0.15, 0.2) is 36.7 Å². The van der Waals surface area contributed by atoms with Crippen molar-refractivity contribution in [2.45, 2.75) is 77.8 Å². The second kappa shape index (κ2) is 10.5. The number of pyridine rings is 2. The van der Waals surface area contributed by atoms with Gasteiger partial charge in [-0.05, 0) is 77.6 Å². The Morgan fingerprint density at radius 3 is 1.24 bits per heavy atom. The first-order valence-corrected chi connectivity index (χ1v) is 25.1. The average Bonchev–Trinajstić information content (AvgIpc) is 2.56. The van der Waals surface area contributed by atoms with Gasteiger partial charge in [-0.3, -0.25) is 0 Å². The lowest BCUT2D eigenvalue weighted by Crippen LogP contribution is -2.59. The maximum absolute atomic E-state index is 6.94. The largest absolute Gasteiger partial charge is 0.500 e. The van der Waals surface area contributed by atoms with Crippen molar-refractivity contribution in [2.75, 3.05) is 0 Å². The fraction of sp³-hybridized carbons (Fsp3) is 0.545. The lowest BCUT2D eigenvalue weighted by atomic mass is 10.5. The minimum Gasteiger partial charge on any atom is -0.500 e. The number of halogens is 2. The third-order valence-electron chi connectivity index (χ3n) is 4.37. The molecule has 2 heterocycles. The molecule has 0 bridgehead atoms. The summed E-state index contributed by atoms with van der Waals surface area (Å²) in [6.45, 7) is 22.1. The van der Waals surface area contributed by atoms with Crippen LogP contribution in [-0.2, 0) is 16.5 Å². The van der Waals surface area contributed by atoms with E-state index in [1.165, 1.54) is 0 Å². The van der Waals surface area contributed by atoms with Crippen LogP contribution in [0.25, 0.3) is 0 Å². The van der Waals surface area contributed by atoms with Crippen molar-refractivity contribution in [2.24, 2.45) is 0 Å². The van der Waals surface area contributed by atoms with Gasteiger partial charge in [0.05, 0.1) is 12.1 Å². The van der Waals surface area contributed by atoms with E-state index >= 15 is 0 Å². The Balaban J connectivity index is 2.25. The summed E-state index contributed by atoms with van der Waals surface area (Å²) in [6, 6.07) is 7.71. The zero-order valence-electron chi connectivity index (χ0n) is 21.8. The summed E-state index contributed by atoms with van der Waals surface area (Å²) in [5.74, 6) is 1.72. The van der Waals surface area contributed by atoms with E-state index in [-0.39, 0.29) is 0 Å². The standard InChI is InChI=1S/C22H40Cl2N2O3Si4/c1-30(2,3)27-21-13-11-19(23)15-25(21)17-32(7,8)29-33(9,10)18-26-16-20(24)12-14-22(26)28-31(4,5)6/h11-16H,17-18H2,1-10H3/q+2. The van der Waals surface area contributed by atoms with Crippen molar-refractivity contribution >= 4 is 56.5 Å². The van der Waals surface area contributed by atoms with Crippen LogP contribution in [0.4, 0.5) is 0 Å². The first kappa shape index (κ1) is 28.5. The number of nitrogens with zero attached hydrogens (tertiary/aromatic N) is 2. The Labute approximate surface area is 214 Å². The zero-order valence-corrected chi connectivity index (χ0v) is 27.3. The molecule has 0 amide bonds. The molecule has 33 heavy (non-hydrogen) atoms. The zero-order chi connectivity index (χ0) is 25.2. The highest BCUT2D eigenvalue weighted by Crippen LogP contribution is 2.21. The summed E-state index contributed by atoms with van der Waals surface area (Å²) in [5.41, 5.74) is 0. The second-order valence-electron chi connectivity index (χ2n) is 11.7. The molecule has 0 aliphatic heterocycles. The molecule has 0 saturated carbocycles. The van der Waals surface area contributed by atoms with Gasteiger partial charge in [0.15, 0.2) is 24.7 Å². The first-order chi connectivity index (χ1) is 14.8. The third-order valence-corrected chi connectivity index (χ3v) is 13.1. The summed E-state index contributed by atoms with van der Waals surface area (Å²) in [5, 5.41) is 1.39. The molecule has 0 fully saturated rings. The molecule has 0 aliphatic rings. The maximum atomic E-state index is 6.94. The Kier molecular flexibility index (Phi) is 9.09. The second-order valence-corrected chi connectivity index (χ2v) is 29.9. The molecule has 11 heteroatoms. The molecule has 0 atom stereocenters. The third kappa shape index (κ3) is 10.2. The van der Waals surface area contributed by atoms with Crippen molar-refractivity contribution < 1.29 is 22.1 Å². The lowest BCUT2D eigenvalue weighted by molar-refractivity contribution is -0.686. The molecular weight excluding hydrogens is 524 g/mol. The van der Waals surface area contributed by atoms with E-state index in [0.29, 0.717) is 10.0 Å². The number of hydrogen-bond acceptors (Lipinski definition) is 3. The van der Waals surface area contributed by atoms with E-state index in [1.54, 1.807) is 0 Å². The Hall–Kier alpha value is -0.692. The van der Waals surface area contributed by atoms with Gasteiger partial charge < -0.3 is 13.0 Å². The summed E-state index contributed by atoms with van der Waals surface area (Å²) in [7, 11) is -7.75. The number of aromatic nitrogens is 2. The van der Waals surface area contributed by atoms with Gasteiger partial charge in [0, 0.05) is 0 Å². The molecule has 0 spiro atoms. The Morgan fingerprint density at radius 1 is 0.606 bits per heavy atom. The van der Waals surface area contributed by atoms with Crippen LogP contribution in [0.1, 0.15) is 0 Å². The van der Waals surface area contributed by atoms with Crippen LogP contribution in [-0.4, -0.2) is 33.3 Å². The van der Waals surface area contributed by atoms with E-state index in [0.717, 1.165) is 24.1 Å². The molecule has 5 nitrogen and oxygen atoms in total. The van der Waals surface area contributed by atoms with Crippen LogP contribution in [0.5, 0.6) is 11.8 Å². The van der Waals surface area contributed by atoms with Crippen molar-refractivity contribution in [3.63, 3.8) is 0 Å². The van der Waals surface area contributed by atoms with Gasteiger partial charge in [-0.25, -0.2) is 0 Å². The van der Waals surface area contributed by atoms with Gasteiger partial charge in [-0.15, -0.1) is 0 Å². The van der Waals surface area contributed by atoms with Crippen LogP contribution >= 0.6 is 23.2 Å². The Bertz CT molecular complexity index is 900. The normalized spacial score (nSPS) is 13.2. The summed E-state index contributed by atoms with van der Waals surface area (Å²) < 4.78 is 23.9. The smallest absolute Gasteiger partial charge is 0.354 e. The van der Waals surface area contributed by atoms with E-state index in [9.17, 15) is 0 Å². The maximum Gasteiger partial charge on any atom is 0.354 e.